The molecule has 19 heavy (non-hydrogen) atoms. The molecule has 2 N–H and O–H groups in total. The molecule has 1 fully saturated rings. The highest BCUT2D eigenvalue weighted by Crippen LogP contribution is 2.23. The first-order valence-electron chi connectivity index (χ1n) is 6.52. The number of rotatable bonds is 2. The average molecular weight is 255 g/mol. The van der Waals surface area contributed by atoms with Gasteiger partial charge in [-0.05, 0) is 30.5 Å². The van der Waals surface area contributed by atoms with E-state index in [0.29, 0.717) is 11.6 Å². The summed E-state index contributed by atoms with van der Waals surface area (Å²) in [7, 11) is 0. The van der Waals surface area contributed by atoms with Crippen molar-refractivity contribution in [2.75, 3.05) is 23.7 Å². The highest BCUT2D eigenvalue weighted by atomic mass is 15.2. The maximum absolute atomic E-state index is 5.66. The molecule has 0 aromatic carbocycles. The Labute approximate surface area is 112 Å². The van der Waals surface area contributed by atoms with Gasteiger partial charge in [0.2, 0.25) is 0 Å². The lowest BCUT2D eigenvalue weighted by atomic mass is 10.2. The molecule has 1 aliphatic heterocycles. The number of nitrogens with two attached hydrogens (primary N) is 1. The van der Waals surface area contributed by atoms with E-state index >= 15 is 0 Å². The van der Waals surface area contributed by atoms with Crippen molar-refractivity contribution in [1.82, 2.24) is 15.0 Å². The number of nitrogens with zero attached hydrogens (tertiary/aromatic N) is 4. The summed E-state index contributed by atoms with van der Waals surface area (Å²) in [5.74, 6) is 2.87. The quantitative estimate of drug-likeness (QED) is 0.888. The fourth-order valence-electron chi connectivity index (χ4n) is 2.36. The lowest BCUT2D eigenvalue weighted by Crippen LogP contribution is -2.20. The lowest BCUT2D eigenvalue weighted by molar-refractivity contribution is 0.659. The number of hydrogen-bond acceptors (Lipinski definition) is 5. The minimum absolute atomic E-state index is 0.474. The van der Waals surface area contributed by atoms with Gasteiger partial charge < -0.3 is 10.6 Å². The second-order valence-corrected chi connectivity index (χ2v) is 5.05. The fraction of sp³-hybridized carbons (Fsp3) is 0.357. The molecule has 1 unspecified atom stereocenters. The molecule has 0 amide bonds. The fourth-order valence-corrected chi connectivity index (χ4v) is 2.36. The third kappa shape index (κ3) is 2.50. The number of nitrogen functional groups attached to an aromatic ring is 1. The van der Waals surface area contributed by atoms with Crippen molar-refractivity contribution in [3.05, 3.63) is 30.6 Å². The summed E-state index contributed by atoms with van der Waals surface area (Å²) in [4.78, 5) is 15.2. The summed E-state index contributed by atoms with van der Waals surface area (Å²) in [6.45, 7) is 4.44. The molecule has 1 atom stereocenters. The molecule has 2 aromatic heterocycles. The van der Waals surface area contributed by atoms with E-state index in [1.165, 1.54) is 6.42 Å². The first-order chi connectivity index (χ1) is 9.22. The van der Waals surface area contributed by atoms with Crippen molar-refractivity contribution in [1.29, 1.82) is 0 Å². The third-order valence-electron chi connectivity index (χ3n) is 3.43. The van der Waals surface area contributed by atoms with E-state index in [2.05, 4.69) is 26.8 Å². The summed E-state index contributed by atoms with van der Waals surface area (Å²) in [5.41, 5.74) is 6.55. The lowest BCUT2D eigenvalue weighted by Gasteiger charge is -2.16. The zero-order valence-electron chi connectivity index (χ0n) is 11.0. The van der Waals surface area contributed by atoms with Gasteiger partial charge in [-0.3, -0.25) is 0 Å². The second-order valence-electron chi connectivity index (χ2n) is 5.05. The SMILES string of the molecule is CC1CCN(c2ccc(-c3nccc(N)n3)cn2)C1. The Morgan fingerprint density at radius 1 is 1.26 bits per heavy atom. The van der Waals surface area contributed by atoms with E-state index in [0.717, 1.165) is 30.4 Å². The van der Waals surface area contributed by atoms with E-state index in [-0.39, 0.29) is 0 Å². The smallest absolute Gasteiger partial charge is 0.163 e. The van der Waals surface area contributed by atoms with Crippen molar-refractivity contribution >= 4 is 11.6 Å². The zero-order chi connectivity index (χ0) is 13.2. The Balaban J connectivity index is 1.83. The van der Waals surface area contributed by atoms with Gasteiger partial charge in [0.1, 0.15) is 11.6 Å². The largest absolute Gasteiger partial charge is 0.384 e. The highest BCUT2D eigenvalue weighted by Gasteiger charge is 2.19. The van der Waals surface area contributed by atoms with Gasteiger partial charge in [0.05, 0.1) is 0 Å². The van der Waals surface area contributed by atoms with Crippen molar-refractivity contribution < 1.29 is 0 Å². The summed E-state index contributed by atoms with van der Waals surface area (Å²) < 4.78 is 0. The van der Waals surface area contributed by atoms with Crippen LogP contribution in [0.15, 0.2) is 30.6 Å². The molecule has 2 aromatic rings. The predicted molar refractivity (Wildman–Crippen MR) is 75.7 cm³/mol. The summed E-state index contributed by atoms with van der Waals surface area (Å²) >= 11 is 0. The minimum atomic E-state index is 0.474. The molecule has 0 spiro atoms. The molecular formula is C14H17N5. The van der Waals surface area contributed by atoms with E-state index in [4.69, 9.17) is 5.73 Å². The zero-order valence-corrected chi connectivity index (χ0v) is 11.0. The van der Waals surface area contributed by atoms with Gasteiger partial charge in [0, 0.05) is 31.0 Å². The Hall–Kier alpha value is -2.17. The minimum Gasteiger partial charge on any atom is -0.384 e. The Morgan fingerprint density at radius 2 is 2.16 bits per heavy atom. The molecule has 5 nitrogen and oxygen atoms in total. The Morgan fingerprint density at radius 3 is 2.79 bits per heavy atom. The van der Waals surface area contributed by atoms with Crippen LogP contribution in [0.25, 0.3) is 11.4 Å². The van der Waals surface area contributed by atoms with Gasteiger partial charge in [-0.2, -0.15) is 0 Å². The molecular weight excluding hydrogens is 238 g/mol. The Bertz CT molecular complexity index is 566. The van der Waals surface area contributed by atoms with Gasteiger partial charge in [-0.1, -0.05) is 6.92 Å². The first kappa shape index (κ1) is 11.9. The van der Waals surface area contributed by atoms with Crippen LogP contribution >= 0.6 is 0 Å². The van der Waals surface area contributed by atoms with Crippen LogP contribution in [0.5, 0.6) is 0 Å². The number of hydrogen-bond donors (Lipinski definition) is 1. The molecule has 0 bridgehead atoms. The molecule has 0 saturated carbocycles. The van der Waals surface area contributed by atoms with E-state index in [9.17, 15) is 0 Å². The highest BCUT2D eigenvalue weighted by molar-refractivity contribution is 5.57. The third-order valence-corrected chi connectivity index (χ3v) is 3.43. The van der Waals surface area contributed by atoms with Crippen LogP contribution < -0.4 is 10.6 Å². The summed E-state index contributed by atoms with van der Waals surface area (Å²) in [6, 6.07) is 5.71. The Kier molecular flexibility index (Phi) is 3.03. The van der Waals surface area contributed by atoms with Gasteiger partial charge in [0.15, 0.2) is 5.82 Å². The van der Waals surface area contributed by atoms with Crippen molar-refractivity contribution in [3.8, 4) is 11.4 Å². The van der Waals surface area contributed by atoms with E-state index in [1.807, 2.05) is 18.3 Å². The molecule has 1 saturated heterocycles. The molecule has 5 heteroatoms. The number of aromatic nitrogens is 3. The van der Waals surface area contributed by atoms with Crippen LogP contribution in [0.3, 0.4) is 0 Å². The van der Waals surface area contributed by atoms with E-state index in [1.54, 1.807) is 12.3 Å². The molecule has 3 heterocycles. The van der Waals surface area contributed by atoms with Gasteiger partial charge >= 0.3 is 0 Å². The average Bonchev–Trinajstić information content (AvgIpc) is 2.86. The molecule has 0 aliphatic carbocycles. The van der Waals surface area contributed by atoms with Gasteiger partial charge in [-0.25, -0.2) is 15.0 Å². The van der Waals surface area contributed by atoms with Crippen LogP contribution in [0.4, 0.5) is 11.6 Å². The maximum Gasteiger partial charge on any atom is 0.163 e. The van der Waals surface area contributed by atoms with E-state index < -0.39 is 0 Å². The number of pyridine rings is 1. The van der Waals surface area contributed by atoms with Crippen molar-refractivity contribution in [3.63, 3.8) is 0 Å². The number of anilines is 2. The predicted octanol–water partition coefficient (Wildman–Crippen LogP) is 1.97. The maximum atomic E-state index is 5.66. The van der Waals surface area contributed by atoms with Crippen LogP contribution in [0, 0.1) is 5.92 Å². The first-order valence-corrected chi connectivity index (χ1v) is 6.52. The topological polar surface area (TPSA) is 67.9 Å². The van der Waals surface area contributed by atoms with Crippen LogP contribution in [-0.4, -0.2) is 28.0 Å². The monoisotopic (exact) mass is 255 g/mol. The molecule has 1 aliphatic rings. The second kappa shape index (κ2) is 4.84. The van der Waals surface area contributed by atoms with Crippen LogP contribution in [0.2, 0.25) is 0 Å². The van der Waals surface area contributed by atoms with Gasteiger partial charge in [-0.15, -0.1) is 0 Å². The normalized spacial score (nSPS) is 18.8. The van der Waals surface area contributed by atoms with Gasteiger partial charge in [0.25, 0.3) is 0 Å². The van der Waals surface area contributed by atoms with Crippen molar-refractivity contribution in [2.24, 2.45) is 5.92 Å². The standard InChI is InChI=1S/C14H17N5/c1-10-5-7-19(9-10)13-3-2-11(8-17-13)14-16-6-4-12(15)18-14/h2-4,6,8,10H,5,7,9H2,1H3,(H2,15,16,18). The summed E-state index contributed by atoms with van der Waals surface area (Å²) in [5, 5.41) is 0. The van der Waals surface area contributed by atoms with Crippen LogP contribution in [0.1, 0.15) is 13.3 Å². The van der Waals surface area contributed by atoms with Crippen molar-refractivity contribution in [2.45, 2.75) is 13.3 Å². The van der Waals surface area contributed by atoms with Crippen LogP contribution in [-0.2, 0) is 0 Å². The summed E-state index contributed by atoms with van der Waals surface area (Å²) in [6.07, 6.45) is 4.71. The molecule has 3 rings (SSSR count). The molecule has 0 radical (unpaired) electrons. The molecule has 98 valence electrons.